The molecule has 4 nitrogen and oxygen atoms in total. The Bertz CT molecular complexity index is 268. The Balaban J connectivity index is 2.55. The summed E-state index contributed by atoms with van der Waals surface area (Å²) in [4.78, 5) is 13.5. The van der Waals surface area contributed by atoms with E-state index >= 15 is 0 Å². The number of ether oxygens (including phenoxy) is 2. The van der Waals surface area contributed by atoms with Crippen molar-refractivity contribution in [3.05, 3.63) is 12.2 Å². The lowest BCUT2D eigenvalue weighted by molar-refractivity contribution is 0.0214. The van der Waals surface area contributed by atoms with Crippen LogP contribution in [0, 0.1) is 0 Å². The second-order valence-corrected chi connectivity index (χ2v) is 5.06. The van der Waals surface area contributed by atoms with Crippen molar-refractivity contribution in [2.75, 3.05) is 26.3 Å². The van der Waals surface area contributed by atoms with E-state index in [0.29, 0.717) is 26.3 Å². The zero-order valence-corrected chi connectivity index (χ0v) is 10.4. The van der Waals surface area contributed by atoms with E-state index in [2.05, 4.69) is 6.58 Å². The molecule has 0 radical (unpaired) electrons. The third kappa shape index (κ3) is 4.66. The van der Waals surface area contributed by atoms with Gasteiger partial charge >= 0.3 is 6.09 Å². The van der Waals surface area contributed by atoms with Crippen LogP contribution in [-0.2, 0) is 9.47 Å². The Labute approximate surface area is 97.2 Å². The lowest BCUT2D eigenvalue weighted by Crippen LogP contribution is -2.40. The highest BCUT2D eigenvalue weighted by Gasteiger charge is 2.23. The van der Waals surface area contributed by atoms with Crippen LogP contribution in [0.15, 0.2) is 12.2 Å². The zero-order valence-electron chi connectivity index (χ0n) is 10.4. The van der Waals surface area contributed by atoms with Gasteiger partial charge in [0.25, 0.3) is 0 Å². The summed E-state index contributed by atoms with van der Waals surface area (Å²) in [6.45, 7) is 11.8. The third-order valence-electron chi connectivity index (χ3n) is 2.09. The minimum Gasteiger partial charge on any atom is -0.444 e. The van der Waals surface area contributed by atoms with Gasteiger partial charge in [-0.2, -0.15) is 0 Å². The van der Waals surface area contributed by atoms with Crippen molar-refractivity contribution in [3.63, 3.8) is 0 Å². The molecule has 4 heteroatoms. The van der Waals surface area contributed by atoms with E-state index in [4.69, 9.17) is 9.47 Å². The molecule has 1 aliphatic rings. The Morgan fingerprint density at radius 2 is 2.19 bits per heavy atom. The Hall–Kier alpha value is -1.03. The average molecular weight is 227 g/mol. The SMILES string of the molecule is C=C1COCCCN(C(=O)OC(C)(C)C)C1. The summed E-state index contributed by atoms with van der Waals surface area (Å²) in [5.41, 5.74) is 0.461. The molecule has 16 heavy (non-hydrogen) atoms. The maximum Gasteiger partial charge on any atom is 0.410 e. The number of carbonyl (C=O) groups excluding carboxylic acids is 1. The summed E-state index contributed by atoms with van der Waals surface area (Å²) in [6, 6.07) is 0. The highest BCUT2D eigenvalue weighted by atomic mass is 16.6. The van der Waals surface area contributed by atoms with Crippen LogP contribution in [0.5, 0.6) is 0 Å². The highest BCUT2D eigenvalue weighted by Crippen LogP contribution is 2.12. The van der Waals surface area contributed by atoms with Crippen molar-refractivity contribution >= 4 is 6.09 Å². The van der Waals surface area contributed by atoms with E-state index in [1.807, 2.05) is 20.8 Å². The maximum absolute atomic E-state index is 11.8. The lowest BCUT2D eigenvalue weighted by Gasteiger charge is -2.29. The van der Waals surface area contributed by atoms with Gasteiger partial charge in [0, 0.05) is 19.7 Å². The molecule has 1 fully saturated rings. The van der Waals surface area contributed by atoms with Gasteiger partial charge in [0.1, 0.15) is 5.60 Å². The van der Waals surface area contributed by atoms with Crippen LogP contribution < -0.4 is 0 Å². The second-order valence-electron chi connectivity index (χ2n) is 5.06. The van der Waals surface area contributed by atoms with Crippen LogP contribution in [-0.4, -0.2) is 42.9 Å². The summed E-state index contributed by atoms with van der Waals surface area (Å²) in [5, 5.41) is 0. The lowest BCUT2D eigenvalue weighted by atomic mass is 10.2. The van der Waals surface area contributed by atoms with E-state index in [0.717, 1.165) is 12.0 Å². The zero-order chi connectivity index (χ0) is 12.2. The number of nitrogens with zero attached hydrogens (tertiary/aromatic N) is 1. The summed E-state index contributed by atoms with van der Waals surface area (Å²) < 4.78 is 10.7. The first-order valence-electron chi connectivity index (χ1n) is 5.61. The van der Waals surface area contributed by atoms with Crippen LogP contribution in [0.3, 0.4) is 0 Å². The molecule has 1 amide bonds. The molecular weight excluding hydrogens is 206 g/mol. The molecule has 1 rings (SSSR count). The highest BCUT2D eigenvalue weighted by molar-refractivity contribution is 5.68. The molecule has 0 aromatic rings. The van der Waals surface area contributed by atoms with Gasteiger partial charge in [-0.1, -0.05) is 6.58 Å². The van der Waals surface area contributed by atoms with Gasteiger partial charge in [-0.3, -0.25) is 0 Å². The molecular formula is C12H21NO3. The molecule has 0 aromatic carbocycles. The third-order valence-corrected chi connectivity index (χ3v) is 2.09. The van der Waals surface area contributed by atoms with Crippen LogP contribution in [0.25, 0.3) is 0 Å². The molecule has 1 aliphatic heterocycles. The Morgan fingerprint density at radius 1 is 1.50 bits per heavy atom. The molecule has 92 valence electrons. The van der Waals surface area contributed by atoms with Crippen LogP contribution >= 0.6 is 0 Å². The second kappa shape index (κ2) is 5.34. The number of hydrogen-bond donors (Lipinski definition) is 0. The predicted octanol–water partition coefficient (Wildman–Crippen LogP) is 2.20. The Morgan fingerprint density at radius 3 is 2.81 bits per heavy atom. The number of hydrogen-bond acceptors (Lipinski definition) is 3. The van der Waals surface area contributed by atoms with Gasteiger partial charge < -0.3 is 14.4 Å². The molecule has 1 heterocycles. The molecule has 0 unspecified atom stereocenters. The molecule has 0 bridgehead atoms. The van der Waals surface area contributed by atoms with Crippen LogP contribution in [0.2, 0.25) is 0 Å². The van der Waals surface area contributed by atoms with Crippen molar-refractivity contribution in [1.82, 2.24) is 4.90 Å². The van der Waals surface area contributed by atoms with Crippen molar-refractivity contribution in [1.29, 1.82) is 0 Å². The quantitative estimate of drug-likeness (QED) is 0.595. The fourth-order valence-electron chi connectivity index (χ4n) is 1.45. The van der Waals surface area contributed by atoms with Crippen molar-refractivity contribution in [2.24, 2.45) is 0 Å². The summed E-state index contributed by atoms with van der Waals surface area (Å²) in [7, 11) is 0. The first-order valence-corrected chi connectivity index (χ1v) is 5.61. The van der Waals surface area contributed by atoms with E-state index < -0.39 is 5.60 Å². The smallest absolute Gasteiger partial charge is 0.410 e. The minimum absolute atomic E-state index is 0.268. The van der Waals surface area contributed by atoms with Crippen molar-refractivity contribution in [2.45, 2.75) is 32.8 Å². The molecule has 1 saturated heterocycles. The van der Waals surface area contributed by atoms with Crippen LogP contribution in [0.1, 0.15) is 27.2 Å². The van der Waals surface area contributed by atoms with Gasteiger partial charge in [0.15, 0.2) is 0 Å². The fraction of sp³-hybridized carbons (Fsp3) is 0.750. The summed E-state index contributed by atoms with van der Waals surface area (Å²) in [6.07, 6.45) is 0.572. The molecule has 0 aromatic heterocycles. The predicted molar refractivity (Wildman–Crippen MR) is 62.4 cm³/mol. The fourth-order valence-corrected chi connectivity index (χ4v) is 1.45. The van der Waals surface area contributed by atoms with Gasteiger partial charge in [-0.05, 0) is 32.8 Å². The van der Waals surface area contributed by atoms with E-state index in [-0.39, 0.29) is 6.09 Å². The number of carbonyl (C=O) groups is 1. The maximum atomic E-state index is 11.8. The van der Waals surface area contributed by atoms with Gasteiger partial charge in [-0.15, -0.1) is 0 Å². The normalized spacial score (nSPS) is 18.9. The first-order chi connectivity index (χ1) is 7.38. The average Bonchev–Trinajstić information content (AvgIpc) is 2.07. The van der Waals surface area contributed by atoms with E-state index in [1.165, 1.54) is 0 Å². The van der Waals surface area contributed by atoms with Gasteiger partial charge in [0.05, 0.1) is 6.61 Å². The Kier molecular flexibility index (Phi) is 4.35. The number of amides is 1. The van der Waals surface area contributed by atoms with Crippen molar-refractivity contribution < 1.29 is 14.3 Å². The van der Waals surface area contributed by atoms with Gasteiger partial charge in [0.2, 0.25) is 0 Å². The van der Waals surface area contributed by atoms with Gasteiger partial charge in [-0.25, -0.2) is 4.79 Å². The van der Waals surface area contributed by atoms with E-state index in [9.17, 15) is 4.79 Å². The minimum atomic E-state index is -0.447. The molecule has 0 spiro atoms. The summed E-state index contributed by atoms with van der Waals surface area (Å²) >= 11 is 0. The monoisotopic (exact) mass is 227 g/mol. The molecule has 0 N–H and O–H groups in total. The first kappa shape index (κ1) is 13.0. The number of rotatable bonds is 0. The standard InChI is InChI=1S/C12H21NO3/c1-10-8-13(6-5-7-15-9-10)11(14)16-12(2,3)4/h1,5-9H2,2-4H3. The topological polar surface area (TPSA) is 38.8 Å². The largest absolute Gasteiger partial charge is 0.444 e. The summed E-state index contributed by atoms with van der Waals surface area (Å²) in [5.74, 6) is 0. The van der Waals surface area contributed by atoms with Crippen molar-refractivity contribution in [3.8, 4) is 0 Å². The van der Waals surface area contributed by atoms with Crippen LogP contribution in [0.4, 0.5) is 4.79 Å². The van der Waals surface area contributed by atoms with E-state index in [1.54, 1.807) is 4.90 Å². The molecule has 0 saturated carbocycles. The molecule has 0 atom stereocenters. The molecule has 0 aliphatic carbocycles.